The van der Waals surface area contributed by atoms with E-state index in [4.69, 9.17) is 10.5 Å². The highest BCUT2D eigenvalue weighted by Crippen LogP contribution is 2.29. The number of amides is 1. The van der Waals surface area contributed by atoms with Gasteiger partial charge in [0.05, 0.1) is 6.10 Å². The van der Waals surface area contributed by atoms with Gasteiger partial charge in [-0.2, -0.15) is 0 Å². The predicted octanol–water partition coefficient (Wildman–Crippen LogP) is 0.567. The minimum absolute atomic E-state index is 0.0552. The first-order valence-electron chi connectivity index (χ1n) is 6.62. The number of aromatic hydroxyl groups is 2. The normalized spacial score (nSPS) is 21.6. The highest BCUT2D eigenvalue weighted by molar-refractivity contribution is 5.86. The Kier molecular flexibility index (Phi) is 4.15. The first kappa shape index (κ1) is 14.6. The Hall–Kier alpha value is -1.79. The Balaban J connectivity index is 2.21. The van der Waals surface area contributed by atoms with Gasteiger partial charge in [-0.1, -0.05) is 0 Å². The summed E-state index contributed by atoms with van der Waals surface area (Å²) in [5.41, 5.74) is 4.72. The topological polar surface area (TPSA) is 105 Å². The zero-order chi connectivity index (χ0) is 14.8. The summed E-state index contributed by atoms with van der Waals surface area (Å²) in [7, 11) is 0. The fourth-order valence-electron chi connectivity index (χ4n) is 2.34. The highest BCUT2D eigenvalue weighted by Gasteiger charge is 2.34. The number of ether oxygens (including phenoxy) is 1. The van der Waals surface area contributed by atoms with Gasteiger partial charge in [-0.3, -0.25) is 10.1 Å². The van der Waals surface area contributed by atoms with E-state index < -0.39 is 11.4 Å². The maximum atomic E-state index is 11.8. The third-order valence-electron chi connectivity index (χ3n) is 3.68. The van der Waals surface area contributed by atoms with E-state index in [2.05, 4.69) is 5.32 Å². The minimum atomic E-state index is -1.18. The van der Waals surface area contributed by atoms with Gasteiger partial charge in [0.1, 0.15) is 17.0 Å². The second-order valence-electron chi connectivity index (χ2n) is 5.24. The molecule has 6 nitrogen and oxygen atoms in total. The number of carbonyl (C=O) groups excluding carboxylic acids is 1. The van der Waals surface area contributed by atoms with Crippen LogP contribution in [-0.4, -0.2) is 35.4 Å². The van der Waals surface area contributed by atoms with Gasteiger partial charge in [-0.05, 0) is 37.5 Å². The maximum absolute atomic E-state index is 11.8. The lowest BCUT2D eigenvalue weighted by molar-refractivity contribution is -0.124. The average Bonchev–Trinajstić information content (AvgIpc) is 2.87. The van der Waals surface area contributed by atoms with Crippen molar-refractivity contribution in [1.82, 2.24) is 5.32 Å². The fraction of sp³-hybridized carbons (Fsp3) is 0.500. The molecule has 1 heterocycles. The van der Waals surface area contributed by atoms with E-state index in [0.29, 0.717) is 12.1 Å². The van der Waals surface area contributed by atoms with Crippen molar-refractivity contribution in [1.29, 1.82) is 0 Å². The monoisotopic (exact) mass is 280 g/mol. The number of nitrogens with two attached hydrogens (primary N) is 1. The maximum Gasteiger partial charge on any atom is 0.242 e. The highest BCUT2D eigenvalue weighted by atomic mass is 16.5. The third kappa shape index (κ3) is 3.02. The van der Waals surface area contributed by atoms with Crippen LogP contribution in [-0.2, 0) is 15.1 Å². The number of nitrogens with one attached hydrogen (secondary N) is 1. The number of benzene rings is 1. The van der Waals surface area contributed by atoms with E-state index in [1.807, 2.05) is 0 Å². The van der Waals surface area contributed by atoms with Crippen molar-refractivity contribution in [3.63, 3.8) is 0 Å². The van der Waals surface area contributed by atoms with Gasteiger partial charge >= 0.3 is 0 Å². The molecule has 1 saturated heterocycles. The van der Waals surface area contributed by atoms with Gasteiger partial charge in [0.25, 0.3) is 0 Å². The second kappa shape index (κ2) is 5.68. The largest absolute Gasteiger partial charge is 0.508 e. The molecule has 1 amide bonds. The first-order valence-corrected chi connectivity index (χ1v) is 6.62. The zero-order valence-corrected chi connectivity index (χ0v) is 11.4. The van der Waals surface area contributed by atoms with Gasteiger partial charge in [-0.25, -0.2) is 0 Å². The van der Waals surface area contributed by atoms with Crippen molar-refractivity contribution in [2.24, 2.45) is 5.73 Å². The van der Waals surface area contributed by atoms with Crippen LogP contribution in [0.1, 0.15) is 25.3 Å². The minimum Gasteiger partial charge on any atom is -0.508 e. The number of carbonyl (C=O) groups is 1. The van der Waals surface area contributed by atoms with Crippen molar-refractivity contribution < 1.29 is 19.7 Å². The lowest BCUT2D eigenvalue weighted by atomic mass is 9.90. The summed E-state index contributed by atoms with van der Waals surface area (Å²) >= 11 is 0. The lowest BCUT2D eigenvalue weighted by Gasteiger charge is -2.29. The van der Waals surface area contributed by atoms with Crippen LogP contribution in [0.25, 0.3) is 0 Å². The van der Waals surface area contributed by atoms with Crippen molar-refractivity contribution in [2.75, 3.05) is 13.2 Å². The lowest BCUT2D eigenvalue weighted by Crippen LogP contribution is -2.52. The zero-order valence-electron chi connectivity index (χ0n) is 11.4. The van der Waals surface area contributed by atoms with E-state index in [1.54, 1.807) is 6.92 Å². The summed E-state index contributed by atoms with van der Waals surface area (Å²) in [5.74, 6) is -0.821. The SMILES string of the molecule is CC(NCC1CCCO1)(C(N)=O)c1cc(O)cc(O)c1. The molecule has 0 bridgehead atoms. The van der Waals surface area contributed by atoms with E-state index in [1.165, 1.54) is 18.2 Å². The molecule has 0 saturated carbocycles. The van der Waals surface area contributed by atoms with Crippen molar-refractivity contribution >= 4 is 5.91 Å². The van der Waals surface area contributed by atoms with Crippen molar-refractivity contribution in [3.8, 4) is 11.5 Å². The summed E-state index contributed by atoms with van der Waals surface area (Å²) in [6.07, 6.45) is 2.00. The van der Waals surface area contributed by atoms with Crippen LogP contribution in [0.4, 0.5) is 0 Å². The van der Waals surface area contributed by atoms with Crippen LogP contribution < -0.4 is 11.1 Å². The van der Waals surface area contributed by atoms with Gasteiger partial charge in [0.2, 0.25) is 5.91 Å². The van der Waals surface area contributed by atoms with Crippen molar-refractivity contribution in [3.05, 3.63) is 23.8 Å². The molecular weight excluding hydrogens is 260 g/mol. The molecule has 20 heavy (non-hydrogen) atoms. The number of phenolic OH excluding ortho intramolecular Hbond substituents is 2. The van der Waals surface area contributed by atoms with Crippen LogP contribution in [0, 0.1) is 0 Å². The molecule has 1 aromatic rings. The Morgan fingerprint density at radius 2 is 2.10 bits per heavy atom. The van der Waals surface area contributed by atoms with Crippen LogP contribution in [0.15, 0.2) is 18.2 Å². The van der Waals surface area contributed by atoms with Crippen LogP contribution in [0.5, 0.6) is 11.5 Å². The fourth-order valence-corrected chi connectivity index (χ4v) is 2.34. The number of phenols is 2. The van der Waals surface area contributed by atoms with Gasteiger partial charge in [0, 0.05) is 19.2 Å². The molecule has 2 unspecified atom stereocenters. The Bertz CT molecular complexity index is 480. The van der Waals surface area contributed by atoms with E-state index in [9.17, 15) is 15.0 Å². The van der Waals surface area contributed by atoms with Gasteiger partial charge < -0.3 is 20.7 Å². The molecule has 2 atom stereocenters. The molecule has 1 aromatic carbocycles. The van der Waals surface area contributed by atoms with Crippen LogP contribution >= 0.6 is 0 Å². The molecule has 0 aliphatic carbocycles. The Labute approximate surface area is 117 Å². The Morgan fingerprint density at radius 3 is 2.60 bits per heavy atom. The number of hydrogen-bond acceptors (Lipinski definition) is 5. The third-order valence-corrected chi connectivity index (χ3v) is 3.68. The molecule has 6 heteroatoms. The second-order valence-corrected chi connectivity index (χ2v) is 5.24. The molecule has 1 fully saturated rings. The average molecular weight is 280 g/mol. The number of hydrogen-bond donors (Lipinski definition) is 4. The summed E-state index contributed by atoms with van der Waals surface area (Å²) in [6.45, 7) is 2.83. The van der Waals surface area contributed by atoms with E-state index >= 15 is 0 Å². The smallest absolute Gasteiger partial charge is 0.242 e. The van der Waals surface area contributed by atoms with Gasteiger partial charge in [-0.15, -0.1) is 0 Å². The van der Waals surface area contributed by atoms with E-state index in [-0.39, 0.29) is 17.6 Å². The predicted molar refractivity (Wildman–Crippen MR) is 73.3 cm³/mol. The molecule has 0 aromatic heterocycles. The summed E-state index contributed by atoms with van der Waals surface area (Å²) < 4.78 is 5.50. The number of primary amides is 1. The van der Waals surface area contributed by atoms with Crippen molar-refractivity contribution in [2.45, 2.75) is 31.4 Å². The van der Waals surface area contributed by atoms with Gasteiger partial charge in [0.15, 0.2) is 0 Å². The van der Waals surface area contributed by atoms with E-state index in [0.717, 1.165) is 19.4 Å². The summed E-state index contributed by atoms with van der Waals surface area (Å²) in [4.78, 5) is 11.8. The summed E-state index contributed by atoms with van der Waals surface area (Å²) in [5, 5.41) is 22.2. The molecule has 110 valence electrons. The Morgan fingerprint density at radius 1 is 1.45 bits per heavy atom. The number of rotatable bonds is 5. The molecular formula is C14H20N2O4. The molecule has 5 N–H and O–H groups in total. The quantitative estimate of drug-likeness (QED) is 0.631. The standard InChI is InChI=1S/C14H20N2O4/c1-14(13(15)19,16-8-12-3-2-4-20-12)9-5-10(17)7-11(18)6-9/h5-7,12,16-18H,2-4,8H2,1H3,(H2,15,19). The molecule has 0 radical (unpaired) electrons. The summed E-state index contributed by atoms with van der Waals surface area (Å²) in [6, 6.07) is 4.02. The van der Waals surface area contributed by atoms with Crippen LogP contribution in [0.3, 0.4) is 0 Å². The molecule has 1 aliphatic heterocycles. The molecule has 2 rings (SSSR count). The molecule has 0 spiro atoms. The first-order chi connectivity index (χ1) is 9.41. The molecule has 1 aliphatic rings. The van der Waals surface area contributed by atoms with Crippen LogP contribution in [0.2, 0.25) is 0 Å².